The van der Waals surface area contributed by atoms with Crippen LogP contribution < -0.4 is 5.73 Å². The number of nitrogens with two attached hydrogens (primary N) is 1. The van der Waals surface area contributed by atoms with Crippen LogP contribution in [0.15, 0.2) is 0 Å². The van der Waals surface area contributed by atoms with Crippen LogP contribution in [0.1, 0.15) is 0 Å². The molecule has 1 aliphatic heterocycles. The predicted molar refractivity (Wildman–Crippen MR) is 60.4 cm³/mol. The first-order chi connectivity index (χ1) is 6.79. The smallest absolute Gasteiger partial charge is 0.261 e. The van der Waals surface area contributed by atoms with Gasteiger partial charge in [-0.3, -0.25) is 9.11 Å². The van der Waals surface area contributed by atoms with Gasteiger partial charge in [0, 0.05) is 19.1 Å². The van der Waals surface area contributed by atoms with Crippen LogP contribution in [0.4, 0.5) is 0 Å². The summed E-state index contributed by atoms with van der Waals surface area (Å²) < 4.78 is 51.7. The third kappa shape index (κ3) is 37.2. The van der Waals surface area contributed by atoms with Crippen molar-refractivity contribution < 1.29 is 25.9 Å². The van der Waals surface area contributed by atoms with Gasteiger partial charge < -0.3 is 10.6 Å². The Balaban J connectivity index is 0. The Morgan fingerprint density at radius 2 is 1.25 bits per heavy atom. The molecule has 0 bridgehead atoms. The largest absolute Gasteiger partial charge is 0.325 e. The van der Waals surface area contributed by atoms with Crippen LogP contribution in [0.5, 0.6) is 0 Å². The van der Waals surface area contributed by atoms with Crippen molar-refractivity contribution in [3.63, 3.8) is 0 Å². The molecule has 0 aromatic rings. The third-order valence-electron chi connectivity index (χ3n) is 1.09. The number of likely N-dealkylation sites (N-methyl/N-ethyl adjacent to an activating group) is 1. The Kier molecular flexibility index (Phi) is 8.09. The topological polar surface area (TPSA) is 138 Å². The van der Waals surface area contributed by atoms with E-state index in [0.717, 1.165) is 13.1 Å². The molecule has 100 valence electrons. The van der Waals surface area contributed by atoms with Crippen molar-refractivity contribution in [2.24, 2.45) is 5.73 Å². The summed E-state index contributed by atoms with van der Waals surface area (Å²) in [5.74, 6) is 0. The minimum Gasteiger partial charge on any atom is -0.325 e. The summed E-state index contributed by atoms with van der Waals surface area (Å²) in [6.07, 6.45) is 1.43. The molecule has 1 saturated heterocycles. The van der Waals surface area contributed by atoms with E-state index >= 15 is 0 Å². The number of likely N-dealkylation sites (tertiary alicyclic amines) is 1. The van der Waals surface area contributed by atoms with Crippen LogP contribution in [0.25, 0.3) is 0 Å². The van der Waals surface area contributed by atoms with E-state index in [1.165, 1.54) is 0 Å². The van der Waals surface area contributed by atoms with E-state index in [1.54, 1.807) is 0 Å². The summed E-state index contributed by atoms with van der Waals surface area (Å²) in [6.45, 7) is 2.17. The van der Waals surface area contributed by atoms with Crippen molar-refractivity contribution in [3.8, 4) is 0 Å². The molecule has 0 aliphatic carbocycles. The molecule has 1 aliphatic rings. The first-order valence-electron chi connectivity index (χ1n) is 4.08. The SMILES string of the molecule is CN1CC(N)C1.CS(=O)(=O)O.CS(=O)(=O)O. The van der Waals surface area contributed by atoms with Gasteiger partial charge in [0.2, 0.25) is 0 Å². The Hall–Kier alpha value is -0.260. The number of hydrogen-bond acceptors (Lipinski definition) is 6. The van der Waals surface area contributed by atoms with E-state index in [2.05, 4.69) is 11.9 Å². The molecule has 8 nitrogen and oxygen atoms in total. The summed E-state index contributed by atoms with van der Waals surface area (Å²) in [5.41, 5.74) is 5.43. The van der Waals surface area contributed by atoms with Gasteiger partial charge in [0.25, 0.3) is 20.2 Å². The summed E-state index contributed by atoms with van der Waals surface area (Å²) in [5, 5.41) is 0. The molecule has 16 heavy (non-hydrogen) atoms. The molecule has 0 saturated carbocycles. The van der Waals surface area contributed by atoms with E-state index in [9.17, 15) is 16.8 Å². The van der Waals surface area contributed by atoms with Gasteiger partial charge in [0.05, 0.1) is 12.5 Å². The van der Waals surface area contributed by atoms with Crippen LogP contribution in [0.3, 0.4) is 0 Å². The molecule has 0 aromatic carbocycles. The van der Waals surface area contributed by atoms with Crippen molar-refractivity contribution in [2.75, 3.05) is 32.6 Å². The van der Waals surface area contributed by atoms with E-state index in [-0.39, 0.29) is 0 Å². The standard InChI is InChI=1S/C4H10N2.2CH4O3S/c1-6-2-4(5)3-6;2*1-5(2,3)4/h4H,2-3,5H2,1H3;2*1H3,(H,2,3,4). The number of hydrogen-bond donors (Lipinski definition) is 3. The molecule has 10 heteroatoms. The Bertz CT molecular complexity index is 318. The monoisotopic (exact) mass is 278 g/mol. The van der Waals surface area contributed by atoms with Gasteiger partial charge in [-0.15, -0.1) is 0 Å². The Morgan fingerprint density at radius 3 is 1.25 bits per heavy atom. The highest BCUT2D eigenvalue weighted by Crippen LogP contribution is 1.98. The second-order valence-corrected chi connectivity index (χ2v) is 6.38. The van der Waals surface area contributed by atoms with Crippen molar-refractivity contribution in [2.45, 2.75) is 6.04 Å². The first kappa shape index (κ1) is 18.1. The van der Waals surface area contributed by atoms with Crippen molar-refractivity contribution in [1.82, 2.24) is 4.90 Å². The maximum Gasteiger partial charge on any atom is 0.261 e. The van der Waals surface area contributed by atoms with Crippen molar-refractivity contribution >= 4 is 20.2 Å². The Labute approximate surface area is 95.9 Å². The van der Waals surface area contributed by atoms with Gasteiger partial charge >= 0.3 is 0 Å². The molecular formula is C6H18N2O6S2. The van der Waals surface area contributed by atoms with Gasteiger partial charge in [-0.05, 0) is 7.05 Å². The van der Waals surface area contributed by atoms with Crippen molar-refractivity contribution in [3.05, 3.63) is 0 Å². The average molecular weight is 278 g/mol. The minimum atomic E-state index is -3.67. The highest BCUT2D eigenvalue weighted by atomic mass is 32.2. The fourth-order valence-corrected chi connectivity index (χ4v) is 0.747. The molecule has 0 amide bonds. The van der Waals surface area contributed by atoms with Crippen LogP contribution in [-0.4, -0.2) is 69.5 Å². The second kappa shape index (κ2) is 7.14. The molecular weight excluding hydrogens is 260 g/mol. The van der Waals surface area contributed by atoms with E-state index in [4.69, 9.17) is 14.8 Å². The summed E-state index contributed by atoms with van der Waals surface area (Å²) >= 11 is 0. The van der Waals surface area contributed by atoms with Crippen molar-refractivity contribution in [1.29, 1.82) is 0 Å². The highest BCUT2D eigenvalue weighted by molar-refractivity contribution is 7.85. The van der Waals surface area contributed by atoms with E-state index in [1.807, 2.05) is 0 Å². The van der Waals surface area contributed by atoms with Crippen LogP contribution in [-0.2, 0) is 20.2 Å². The molecule has 1 fully saturated rings. The zero-order chi connectivity index (χ0) is 13.6. The average Bonchev–Trinajstić information content (AvgIpc) is 1.75. The lowest BCUT2D eigenvalue weighted by molar-refractivity contribution is 0.192. The van der Waals surface area contributed by atoms with Gasteiger partial charge in [-0.2, -0.15) is 16.8 Å². The summed E-state index contributed by atoms with van der Waals surface area (Å²) in [6, 6.07) is 0.468. The lowest BCUT2D eigenvalue weighted by Crippen LogP contribution is -2.53. The fourth-order valence-electron chi connectivity index (χ4n) is 0.747. The molecule has 0 unspecified atom stereocenters. The molecule has 0 aromatic heterocycles. The van der Waals surface area contributed by atoms with Gasteiger partial charge in [-0.1, -0.05) is 0 Å². The van der Waals surface area contributed by atoms with Gasteiger partial charge in [-0.25, -0.2) is 0 Å². The third-order valence-corrected chi connectivity index (χ3v) is 1.09. The van der Waals surface area contributed by atoms with Crippen LogP contribution >= 0.6 is 0 Å². The normalized spacial score (nSPS) is 17.4. The zero-order valence-corrected chi connectivity index (χ0v) is 11.0. The zero-order valence-electron chi connectivity index (χ0n) is 9.36. The fraction of sp³-hybridized carbons (Fsp3) is 1.00. The maximum absolute atomic E-state index is 9.19. The van der Waals surface area contributed by atoms with E-state index in [0.29, 0.717) is 18.6 Å². The minimum absolute atomic E-state index is 0.468. The molecule has 4 N–H and O–H groups in total. The first-order valence-corrected chi connectivity index (χ1v) is 7.77. The van der Waals surface area contributed by atoms with Gasteiger partial charge in [0.15, 0.2) is 0 Å². The second-order valence-electron chi connectivity index (χ2n) is 3.45. The van der Waals surface area contributed by atoms with E-state index < -0.39 is 20.2 Å². The maximum atomic E-state index is 9.19. The van der Waals surface area contributed by atoms with Crippen LogP contribution in [0, 0.1) is 0 Å². The lowest BCUT2D eigenvalue weighted by atomic mass is 10.2. The number of rotatable bonds is 0. The quantitative estimate of drug-likeness (QED) is 0.444. The Morgan fingerprint density at radius 1 is 1.06 bits per heavy atom. The molecule has 1 rings (SSSR count). The number of nitrogens with zero attached hydrogens (tertiary/aromatic N) is 1. The molecule has 0 atom stereocenters. The van der Waals surface area contributed by atoms with Gasteiger partial charge in [0.1, 0.15) is 0 Å². The molecule has 0 radical (unpaired) electrons. The summed E-state index contributed by atoms with van der Waals surface area (Å²) in [7, 11) is -5.26. The lowest BCUT2D eigenvalue weighted by Gasteiger charge is -2.32. The highest BCUT2D eigenvalue weighted by Gasteiger charge is 2.17. The molecule has 1 heterocycles. The van der Waals surface area contributed by atoms with Crippen LogP contribution in [0.2, 0.25) is 0 Å². The molecule has 0 spiro atoms. The predicted octanol–water partition coefficient (Wildman–Crippen LogP) is -1.73. The summed E-state index contributed by atoms with van der Waals surface area (Å²) in [4.78, 5) is 2.20.